The number of pyridine rings is 1. The molecule has 2 aromatic heterocycles. The smallest absolute Gasteiger partial charge is 0.274 e. The van der Waals surface area contributed by atoms with Gasteiger partial charge in [-0.15, -0.1) is 0 Å². The summed E-state index contributed by atoms with van der Waals surface area (Å²) in [6.07, 6.45) is 4.42. The summed E-state index contributed by atoms with van der Waals surface area (Å²) in [6.45, 7) is 3.49. The van der Waals surface area contributed by atoms with Gasteiger partial charge in [0.15, 0.2) is 5.82 Å². The topological polar surface area (TPSA) is 93.3 Å². The van der Waals surface area contributed by atoms with Crippen LogP contribution in [0.4, 0.5) is 5.69 Å². The van der Waals surface area contributed by atoms with Crippen LogP contribution in [0, 0.1) is 0 Å². The van der Waals surface area contributed by atoms with E-state index in [1.807, 2.05) is 0 Å². The maximum atomic E-state index is 13.2. The van der Waals surface area contributed by atoms with Gasteiger partial charge in [0.1, 0.15) is 5.69 Å². The first kappa shape index (κ1) is 22.7. The van der Waals surface area contributed by atoms with E-state index in [4.69, 9.17) is 17.4 Å². The van der Waals surface area contributed by atoms with Gasteiger partial charge in [-0.25, -0.2) is 10.8 Å². The van der Waals surface area contributed by atoms with Crippen molar-refractivity contribution in [1.82, 2.24) is 14.6 Å². The van der Waals surface area contributed by atoms with Crippen LogP contribution in [0.25, 0.3) is 5.82 Å². The fourth-order valence-corrected chi connectivity index (χ4v) is 4.56. The van der Waals surface area contributed by atoms with Gasteiger partial charge in [-0.05, 0) is 62.2 Å². The van der Waals surface area contributed by atoms with Crippen LogP contribution in [-0.2, 0) is 0 Å². The van der Waals surface area contributed by atoms with Crippen molar-refractivity contribution in [3.63, 3.8) is 0 Å². The zero-order valence-electron chi connectivity index (χ0n) is 15.1. The number of hydrazine groups is 1. The molecule has 0 aliphatic rings. The van der Waals surface area contributed by atoms with E-state index in [-0.39, 0.29) is 16.9 Å². The summed E-state index contributed by atoms with van der Waals surface area (Å²) in [6, 6.07) is 8.24. The van der Waals surface area contributed by atoms with E-state index in [0.29, 0.717) is 24.3 Å². The Morgan fingerprint density at radius 1 is 1.23 bits per heavy atom. The molecule has 0 atom stereocenters. The van der Waals surface area contributed by atoms with Crippen molar-refractivity contribution in [1.29, 1.82) is 0 Å². The zero-order chi connectivity index (χ0) is 22.0. The number of rotatable bonds is 5. The predicted octanol–water partition coefficient (Wildman–Crippen LogP) is 5.52. The summed E-state index contributed by atoms with van der Waals surface area (Å²) >= 11 is 16.3. The van der Waals surface area contributed by atoms with Gasteiger partial charge in [-0.2, -0.15) is 0 Å². The highest BCUT2D eigenvalue weighted by Crippen LogP contribution is 2.32. The van der Waals surface area contributed by atoms with E-state index in [1.165, 1.54) is 6.20 Å². The molecule has 3 aromatic rings. The van der Waals surface area contributed by atoms with Gasteiger partial charge in [0.05, 0.1) is 16.3 Å². The Morgan fingerprint density at radius 3 is 2.63 bits per heavy atom. The number of nitrogens with two attached hydrogens (primary N) is 1. The largest absolute Gasteiger partial charge is 0.319 e. The van der Waals surface area contributed by atoms with Gasteiger partial charge < -0.3 is 5.32 Å². The lowest BCUT2D eigenvalue weighted by Gasteiger charge is -2.17. The summed E-state index contributed by atoms with van der Waals surface area (Å²) in [5.74, 6) is 5.02. The van der Waals surface area contributed by atoms with Gasteiger partial charge in [-0.1, -0.05) is 34.1 Å². The molecule has 0 bridgehead atoms. The number of hydrogen-bond acceptors (Lipinski definition) is 4. The highest BCUT2D eigenvalue weighted by Gasteiger charge is 2.23. The fourth-order valence-electron chi connectivity index (χ4n) is 2.60. The molecule has 0 saturated heterocycles. The van der Waals surface area contributed by atoms with Crippen molar-refractivity contribution in [3.8, 4) is 5.82 Å². The Kier molecular flexibility index (Phi) is 7.14. The number of benzene rings is 1. The third kappa shape index (κ3) is 4.68. The molecule has 0 aliphatic heterocycles. The maximum Gasteiger partial charge on any atom is 0.274 e. The van der Waals surface area contributed by atoms with Crippen molar-refractivity contribution < 1.29 is 9.59 Å². The average molecular weight is 619 g/mol. The van der Waals surface area contributed by atoms with Crippen LogP contribution in [-0.4, -0.2) is 26.4 Å². The number of hydrogen-bond donors (Lipinski definition) is 2. The summed E-state index contributed by atoms with van der Waals surface area (Å²) in [5, 5.41) is 3.97. The molecule has 0 aliphatic carbocycles. The van der Waals surface area contributed by atoms with Crippen LogP contribution >= 0.6 is 59.4 Å². The molecule has 2 heterocycles. The SMILES string of the molecule is C=CN(N)C(=O)c1cc(Br)cc(Br)c1NC(=O)c1cc(Br)cn1-c1ncccc1Cl. The fraction of sp³-hybridized carbons (Fsp3) is 0. The monoisotopic (exact) mass is 615 g/mol. The minimum absolute atomic E-state index is 0.167. The molecule has 0 unspecified atom stereocenters. The molecule has 0 spiro atoms. The van der Waals surface area contributed by atoms with E-state index < -0.39 is 11.8 Å². The molecule has 2 amide bonds. The highest BCUT2D eigenvalue weighted by atomic mass is 79.9. The Morgan fingerprint density at radius 2 is 1.97 bits per heavy atom. The molecule has 11 heteroatoms. The van der Waals surface area contributed by atoms with Crippen molar-refractivity contribution >= 4 is 76.9 Å². The summed E-state index contributed by atoms with van der Waals surface area (Å²) in [5.41, 5.74) is 0.672. The number of aromatic nitrogens is 2. The second kappa shape index (κ2) is 9.44. The first-order valence-electron chi connectivity index (χ1n) is 8.23. The first-order chi connectivity index (χ1) is 14.2. The quantitative estimate of drug-likeness (QED) is 0.224. The number of amides is 2. The Bertz CT molecular complexity index is 1170. The maximum absolute atomic E-state index is 13.2. The average Bonchev–Trinajstić information content (AvgIpc) is 3.10. The summed E-state index contributed by atoms with van der Waals surface area (Å²) in [4.78, 5) is 30.1. The van der Waals surface area contributed by atoms with Crippen molar-refractivity contribution in [3.05, 3.63) is 85.2 Å². The molecule has 3 N–H and O–H groups in total. The molecule has 30 heavy (non-hydrogen) atoms. The summed E-state index contributed by atoms with van der Waals surface area (Å²) in [7, 11) is 0. The van der Waals surface area contributed by atoms with Crippen LogP contribution in [0.5, 0.6) is 0 Å². The van der Waals surface area contributed by atoms with Gasteiger partial charge in [0.25, 0.3) is 11.8 Å². The Balaban J connectivity index is 2.05. The van der Waals surface area contributed by atoms with Crippen molar-refractivity contribution in [2.24, 2.45) is 5.84 Å². The Hall–Kier alpha value is -1.98. The van der Waals surface area contributed by atoms with Crippen molar-refractivity contribution in [2.45, 2.75) is 0 Å². The normalized spacial score (nSPS) is 10.6. The van der Waals surface area contributed by atoms with Gasteiger partial charge in [0, 0.05) is 32.0 Å². The first-order valence-corrected chi connectivity index (χ1v) is 11.0. The molecule has 7 nitrogen and oxygen atoms in total. The van der Waals surface area contributed by atoms with E-state index in [2.05, 4.69) is 64.7 Å². The molecular formula is C19H13Br3ClN5O2. The van der Waals surface area contributed by atoms with E-state index in [9.17, 15) is 9.59 Å². The standard InChI is InChI=1S/C19H13Br3ClN5O2/c1-2-28(24)19(30)12-6-10(20)7-13(22)16(12)26-18(29)15-8-11(21)9-27(15)17-14(23)4-3-5-25-17/h2-9H,1,24H2,(H,26,29). The number of carbonyl (C=O) groups excluding carboxylic acids is 2. The number of carbonyl (C=O) groups is 2. The number of halogens is 4. The lowest BCUT2D eigenvalue weighted by atomic mass is 10.1. The number of nitrogens with zero attached hydrogens (tertiary/aromatic N) is 3. The molecular weight excluding hydrogens is 605 g/mol. The summed E-state index contributed by atoms with van der Waals surface area (Å²) < 4.78 is 3.31. The van der Waals surface area contributed by atoms with Gasteiger partial charge in [-0.3, -0.25) is 19.2 Å². The van der Waals surface area contributed by atoms with Crippen LogP contribution in [0.3, 0.4) is 0 Å². The second-order valence-corrected chi connectivity index (χ2v) is 8.97. The lowest BCUT2D eigenvalue weighted by molar-refractivity contribution is 0.0823. The van der Waals surface area contributed by atoms with E-state index in [1.54, 1.807) is 47.3 Å². The molecule has 154 valence electrons. The molecule has 0 fully saturated rings. The molecule has 0 saturated carbocycles. The minimum atomic E-state index is -0.549. The van der Waals surface area contributed by atoms with Gasteiger partial charge >= 0.3 is 0 Å². The zero-order valence-corrected chi connectivity index (χ0v) is 20.6. The van der Waals surface area contributed by atoms with Crippen LogP contribution in [0.15, 0.2) is 68.9 Å². The molecule has 3 rings (SSSR count). The number of nitrogens with one attached hydrogen (secondary N) is 1. The van der Waals surface area contributed by atoms with Crippen LogP contribution < -0.4 is 11.2 Å². The van der Waals surface area contributed by atoms with Gasteiger partial charge in [0.2, 0.25) is 0 Å². The second-order valence-electron chi connectivity index (χ2n) is 5.88. The van der Waals surface area contributed by atoms with E-state index in [0.717, 1.165) is 5.01 Å². The van der Waals surface area contributed by atoms with Crippen molar-refractivity contribution in [2.75, 3.05) is 5.32 Å². The minimum Gasteiger partial charge on any atom is -0.319 e. The third-order valence-corrected chi connectivity index (χ3v) is 5.75. The van der Waals surface area contributed by atoms with E-state index >= 15 is 0 Å². The lowest BCUT2D eigenvalue weighted by Crippen LogP contribution is -2.33. The highest BCUT2D eigenvalue weighted by molar-refractivity contribution is 9.11. The third-order valence-electron chi connectivity index (χ3n) is 3.94. The Labute approximate surface area is 202 Å². The molecule has 1 aromatic carbocycles. The molecule has 0 radical (unpaired) electrons. The predicted molar refractivity (Wildman–Crippen MR) is 127 cm³/mol. The van der Waals surface area contributed by atoms with Crippen LogP contribution in [0.1, 0.15) is 20.8 Å². The van der Waals surface area contributed by atoms with Crippen LogP contribution in [0.2, 0.25) is 5.02 Å². The number of anilines is 1.